The standard InChI is InChI=1S/C9H16F3NO2/c1-6(2)7(5-14)13-8(15)3-4-9(10,11)12/h6-7,14H,3-5H2,1-2H3,(H,13,15). The first-order valence-corrected chi connectivity index (χ1v) is 4.73. The molecule has 1 amide bonds. The normalized spacial score (nSPS) is 14.1. The second-order valence-electron chi connectivity index (χ2n) is 3.72. The maximum Gasteiger partial charge on any atom is 0.389 e. The molecular weight excluding hydrogens is 211 g/mol. The number of hydrogen-bond donors (Lipinski definition) is 2. The second-order valence-corrected chi connectivity index (χ2v) is 3.72. The largest absolute Gasteiger partial charge is 0.394 e. The zero-order chi connectivity index (χ0) is 12.1. The van der Waals surface area contributed by atoms with Gasteiger partial charge in [0.15, 0.2) is 0 Å². The van der Waals surface area contributed by atoms with E-state index in [1.54, 1.807) is 13.8 Å². The Morgan fingerprint density at radius 3 is 2.27 bits per heavy atom. The van der Waals surface area contributed by atoms with E-state index in [1.165, 1.54) is 0 Å². The number of aliphatic hydroxyl groups is 1. The third kappa shape index (κ3) is 7.18. The van der Waals surface area contributed by atoms with Crippen LogP contribution < -0.4 is 5.32 Å². The van der Waals surface area contributed by atoms with Crippen molar-refractivity contribution in [2.24, 2.45) is 5.92 Å². The summed E-state index contributed by atoms with van der Waals surface area (Å²) in [5.41, 5.74) is 0. The summed E-state index contributed by atoms with van der Waals surface area (Å²) < 4.78 is 35.3. The van der Waals surface area contributed by atoms with E-state index in [-0.39, 0.29) is 12.5 Å². The predicted octanol–water partition coefficient (Wildman–Crippen LogP) is 1.46. The lowest BCUT2D eigenvalue weighted by Gasteiger charge is -2.19. The summed E-state index contributed by atoms with van der Waals surface area (Å²) in [7, 11) is 0. The van der Waals surface area contributed by atoms with Gasteiger partial charge in [0.1, 0.15) is 0 Å². The SMILES string of the molecule is CC(C)C(CO)NC(=O)CCC(F)(F)F. The molecule has 1 unspecified atom stereocenters. The number of alkyl halides is 3. The third-order valence-corrected chi connectivity index (χ3v) is 1.98. The molecule has 15 heavy (non-hydrogen) atoms. The molecule has 3 nitrogen and oxygen atoms in total. The number of hydrogen-bond acceptors (Lipinski definition) is 2. The van der Waals surface area contributed by atoms with Gasteiger partial charge in [-0.2, -0.15) is 13.2 Å². The van der Waals surface area contributed by atoms with Gasteiger partial charge in [-0.1, -0.05) is 13.8 Å². The summed E-state index contributed by atoms with van der Waals surface area (Å²) in [5.74, 6) is -0.690. The van der Waals surface area contributed by atoms with Crippen LogP contribution >= 0.6 is 0 Å². The summed E-state index contributed by atoms with van der Waals surface area (Å²) in [6, 6.07) is -0.481. The van der Waals surface area contributed by atoms with E-state index in [2.05, 4.69) is 5.32 Å². The van der Waals surface area contributed by atoms with E-state index in [1.807, 2.05) is 0 Å². The Hall–Kier alpha value is -0.780. The van der Waals surface area contributed by atoms with Crippen molar-refractivity contribution in [1.82, 2.24) is 5.32 Å². The molecule has 6 heteroatoms. The van der Waals surface area contributed by atoms with Crippen LogP contribution in [0.1, 0.15) is 26.7 Å². The molecule has 0 spiro atoms. The van der Waals surface area contributed by atoms with Gasteiger partial charge >= 0.3 is 6.18 Å². The second kappa shape index (κ2) is 5.95. The summed E-state index contributed by atoms with van der Waals surface area (Å²) in [4.78, 5) is 11.0. The highest BCUT2D eigenvalue weighted by molar-refractivity contribution is 5.76. The summed E-state index contributed by atoms with van der Waals surface area (Å²) in [6.45, 7) is 3.27. The van der Waals surface area contributed by atoms with E-state index >= 15 is 0 Å². The predicted molar refractivity (Wildman–Crippen MR) is 49.1 cm³/mol. The van der Waals surface area contributed by atoms with Crippen LogP contribution in [0.2, 0.25) is 0 Å². The van der Waals surface area contributed by atoms with Crippen molar-refractivity contribution in [2.75, 3.05) is 6.61 Å². The van der Waals surface area contributed by atoms with E-state index in [9.17, 15) is 18.0 Å². The number of nitrogens with one attached hydrogen (secondary N) is 1. The minimum absolute atomic E-state index is 0.00941. The summed E-state index contributed by atoms with van der Waals surface area (Å²) in [6.07, 6.45) is -6.04. The van der Waals surface area contributed by atoms with Crippen molar-refractivity contribution < 1.29 is 23.1 Å². The van der Waals surface area contributed by atoms with Gasteiger partial charge in [-0.15, -0.1) is 0 Å². The highest BCUT2D eigenvalue weighted by Crippen LogP contribution is 2.21. The van der Waals surface area contributed by atoms with E-state index in [4.69, 9.17) is 5.11 Å². The van der Waals surface area contributed by atoms with E-state index < -0.39 is 31.0 Å². The average molecular weight is 227 g/mol. The number of rotatable bonds is 5. The Balaban J connectivity index is 3.92. The van der Waals surface area contributed by atoms with Crippen LogP contribution in [0.25, 0.3) is 0 Å². The molecule has 0 bridgehead atoms. The lowest BCUT2D eigenvalue weighted by Crippen LogP contribution is -2.41. The Morgan fingerprint density at radius 2 is 1.93 bits per heavy atom. The fourth-order valence-corrected chi connectivity index (χ4v) is 0.957. The number of carbonyl (C=O) groups excluding carboxylic acids is 1. The molecule has 0 aliphatic rings. The molecule has 0 saturated carbocycles. The zero-order valence-corrected chi connectivity index (χ0v) is 8.77. The third-order valence-electron chi connectivity index (χ3n) is 1.98. The van der Waals surface area contributed by atoms with Crippen molar-refractivity contribution in [3.8, 4) is 0 Å². The number of amides is 1. The van der Waals surface area contributed by atoms with Gasteiger partial charge in [-0.25, -0.2) is 0 Å². The van der Waals surface area contributed by atoms with Gasteiger partial charge < -0.3 is 10.4 Å². The summed E-state index contributed by atoms with van der Waals surface area (Å²) in [5, 5.41) is 11.2. The first-order chi connectivity index (χ1) is 6.76. The highest BCUT2D eigenvalue weighted by atomic mass is 19.4. The molecule has 0 rings (SSSR count). The van der Waals surface area contributed by atoms with Gasteiger partial charge in [0, 0.05) is 6.42 Å². The molecule has 0 aromatic carbocycles. The lowest BCUT2D eigenvalue weighted by molar-refractivity contribution is -0.144. The molecule has 0 heterocycles. The van der Waals surface area contributed by atoms with Crippen LogP contribution in [-0.4, -0.2) is 29.8 Å². The monoisotopic (exact) mass is 227 g/mol. The molecule has 0 fully saturated rings. The van der Waals surface area contributed by atoms with Crippen LogP contribution in [0.3, 0.4) is 0 Å². The Labute approximate surface area is 86.7 Å². The lowest BCUT2D eigenvalue weighted by atomic mass is 10.1. The van der Waals surface area contributed by atoms with Crippen molar-refractivity contribution in [1.29, 1.82) is 0 Å². The Bertz CT molecular complexity index is 204. The van der Waals surface area contributed by atoms with Crippen LogP contribution in [0.5, 0.6) is 0 Å². The maximum absolute atomic E-state index is 11.8. The first kappa shape index (κ1) is 14.2. The first-order valence-electron chi connectivity index (χ1n) is 4.73. The van der Waals surface area contributed by atoms with Crippen LogP contribution in [-0.2, 0) is 4.79 Å². The molecule has 0 aromatic heterocycles. The topological polar surface area (TPSA) is 49.3 Å². The van der Waals surface area contributed by atoms with Crippen LogP contribution in [0.15, 0.2) is 0 Å². The molecule has 1 atom stereocenters. The molecule has 90 valence electrons. The molecule has 0 aliphatic carbocycles. The van der Waals surface area contributed by atoms with Gasteiger partial charge in [-0.3, -0.25) is 4.79 Å². The van der Waals surface area contributed by atoms with Gasteiger partial charge in [0.05, 0.1) is 19.1 Å². The molecule has 2 N–H and O–H groups in total. The summed E-state index contributed by atoms with van der Waals surface area (Å²) >= 11 is 0. The smallest absolute Gasteiger partial charge is 0.389 e. The quantitative estimate of drug-likeness (QED) is 0.747. The molecular formula is C9H16F3NO2. The van der Waals surface area contributed by atoms with Crippen molar-refractivity contribution >= 4 is 5.91 Å². The highest BCUT2D eigenvalue weighted by Gasteiger charge is 2.28. The molecule has 0 aromatic rings. The molecule has 0 aliphatic heterocycles. The van der Waals surface area contributed by atoms with Gasteiger partial charge in [-0.05, 0) is 5.92 Å². The zero-order valence-electron chi connectivity index (χ0n) is 8.77. The van der Waals surface area contributed by atoms with Gasteiger partial charge in [0.2, 0.25) is 5.91 Å². The van der Waals surface area contributed by atoms with Crippen LogP contribution in [0.4, 0.5) is 13.2 Å². The Morgan fingerprint density at radius 1 is 1.40 bits per heavy atom. The Kier molecular flexibility index (Phi) is 5.64. The van der Waals surface area contributed by atoms with Crippen molar-refractivity contribution in [3.63, 3.8) is 0 Å². The molecule has 0 saturated heterocycles. The van der Waals surface area contributed by atoms with E-state index in [0.29, 0.717) is 0 Å². The van der Waals surface area contributed by atoms with Crippen molar-refractivity contribution in [2.45, 2.75) is 38.9 Å². The maximum atomic E-state index is 11.8. The van der Waals surface area contributed by atoms with E-state index in [0.717, 1.165) is 0 Å². The van der Waals surface area contributed by atoms with Crippen molar-refractivity contribution in [3.05, 3.63) is 0 Å². The fraction of sp³-hybridized carbons (Fsp3) is 0.889. The molecule has 0 radical (unpaired) electrons. The fourth-order valence-electron chi connectivity index (χ4n) is 0.957. The minimum Gasteiger partial charge on any atom is -0.394 e. The minimum atomic E-state index is -4.32. The van der Waals surface area contributed by atoms with Crippen LogP contribution in [0, 0.1) is 5.92 Å². The average Bonchev–Trinajstić information content (AvgIpc) is 2.09. The number of halogens is 3. The number of carbonyl (C=O) groups is 1. The number of aliphatic hydroxyl groups excluding tert-OH is 1. The van der Waals surface area contributed by atoms with Gasteiger partial charge in [0.25, 0.3) is 0 Å².